The fraction of sp³-hybridized carbons (Fsp3) is 0.438. The van der Waals surface area contributed by atoms with Crippen LogP contribution < -0.4 is 5.32 Å². The van der Waals surface area contributed by atoms with Gasteiger partial charge in [0.25, 0.3) is 5.91 Å². The number of amides is 2. The lowest BCUT2D eigenvalue weighted by molar-refractivity contribution is -0.124. The van der Waals surface area contributed by atoms with Crippen molar-refractivity contribution in [2.75, 3.05) is 13.1 Å². The van der Waals surface area contributed by atoms with Crippen LogP contribution in [0.5, 0.6) is 0 Å². The number of nitrogens with zero attached hydrogens (tertiary/aromatic N) is 2. The Balaban J connectivity index is 1.33. The van der Waals surface area contributed by atoms with E-state index in [1.807, 2.05) is 36.4 Å². The zero-order chi connectivity index (χ0) is 26.5. The number of thiophene rings is 1. The highest BCUT2D eigenvalue weighted by Crippen LogP contribution is 2.47. The average Bonchev–Trinajstić information content (AvgIpc) is 3.66. The predicted molar refractivity (Wildman–Crippen MR) is 154 cm³/mol. The first-order valence-electron chi connectivity index (χ1n) is 14.0. The van der Waals surface area contributed by atoms with Gasteiger partial charge in [-0.05, 0) is 61.7 Å². The van der Waals surface area contributed by atoms with Crippen LogP contribution in [0.1, 0.15) is 84.3 Å². The second kappa shape index (κ2) is 12.3. The molecule has 200 valence electrons. The van der Waals surface area contributed by atoms with Crippen LogP contribution in [-0.2, 0) is 11.3 Å². The normalized spacial score (nSPS) is 19.8. The molecular formula is C32H39N3O2S. The maximum Gasteiger partial charge on any atom is 0.254 e. The number of carbonyl (C=O) groups excluding carboxylic acids is 2. The van der Waals surface area contributed by atoms with E-state index in [-0.39, 0.29) is 23.9 Å². The molecule has 2 heterocycles. The van der Waals surface area contributed by atoms with Gasteiger partial charge in [0.15, 0.2) is 0 Å². The average molecular weight is 530 g/mol. The number of nitrogens with one attached hydrogen (secondary N) is 1. The summed E-state index contributed by atoms with van der Waals surface area (Å²) in [7, 11) is 0. The van der Waals surface area contributed by atoms with E-state index in [4.69, 9.17) is 0 Å². The molecule has 2 aromatic carbocycles. The van der Waals surface area contributed by atoms with Crippen molar-refractivity contribution in [3.05, 3.63) is 93.7 Å². The number of carbonyl (C=O) groups is 2. The Morgan fingerprint density at radius 2 is 1.76 bits per heavy atom. The molecule has 2 aliphatic rings. The van der Waals surface area contributed by atoms with Gasteiger partial charge < -0.3 is 10.2 Å². The molecule has 1 N–H and O–H groups in total. The molecule has 1 fully saturated rings. The second-order valence-corrected chi connectivity index (χ2v) is 11.8. The van der Waals surface area contributed by atoms with Gasteiger partial charge in [-0.1, -0.05) is 67.4 Å². The highest BCUT2D eigenvalue weighted by Gasteiger charge is 2.47. The third-order valence-electron chi connectivity index (χ3n) is 8.09. The van der Waals surface area contributed by atoms with Gasteiger partial charge in [0, 0.05) is 42.2 Å². The van der Waals surface area contributed by atoms with Gasteiger partial charge in [0.1, 0.15) is 0 Å². The minimum Gasteiger partial charge on any atom is -0.355 e. The summed E-state index contributed by atoms with van der Waals surface area (Å²) in [5, 5.41) is 5.32. The summed E-state index contributed by atoms with van der Waals surface area (Å²) < 4.78 is 0. The van der Waals surface area contributed by atoms with E-state index in [9.17, 15) is 9.59 Å². The van der Waals surface area contributed by atoms with E-state index in [0.29, 0.717) is 18.2 Å². The number of hydrogen-bond donors (Lipinski definition) is 1. The molecule has 5 nitrogen and oxygen atoms in total. The monoisotopic (exact) mass is 529 g/mol. The highest BCUT2D eigenvalue weighted by atomic mass is 32.1. The van der Waals surface area contributed by atoms with Crippen LogP contribution in [0.15, 0.2) is 72.1 Å². The summed E-state index contributed by atoms with van der Waals surface area (Å²) >= 11 is 1.65. The maximum absolute atomic E-state index is 13.9. The minimum absolute atomic E-state index is 0.0190. The summed E-state index contributed by atoms with van der Waals surface area (Å²) in [5.74, 6) is -0.317. The Labute approximate surface area is 230 Å². The van der Waals surface area contributed by atoms with Gasteiger partial charge in [-0.25, -0.2) is 0 Å². The first kappa shape index (κ1) is 26.6. The zero-order valence-electron chi connectivity index (χ0n) is 22.5. The van der Waals surface area contributed by atoms with Gasteiger partial charge in [0.05, 0.1) is 12.0 Å². The molecule has 1 aliphatic heterocycles. The molecule has 2 amide bonds. The highest BCUT2D eigenvalue weighted by molar-refractivity contribution is 7.10. The van der Waals surface area contributed by atoms with E-state index < -0.39 is 5.92 Å². The third-order valence-corrected chi connectivity index (χ3v) is 9.03. The maximum atomic E-state index is 13.9. The number of fused-ring (bicyclic) bond motifs is 1. The third kappa shape index (κ3) is 5.71. The molecule has 0 spiro atoms. The van der Waals surface area contributed by atoms with Crippen molar-refractivity contribution in [1.82, 2.24) is 15.1 Å². The Hall–Kier alpha value is -2.96. The van der Waals surface area contributed by atoms with Gasteiger partial charge in [-0.2, -0.15) is 0 Å². The lowest BCUT2D eigenvalue weighted by Gasteiger charge is -2.44. The Morgan fingerprint density at radius 1 is 1.03 bits per heavy atom. The molecule has 1 aliphatic carbocycles. The summed E-state index contributed by atoms with van der Waals surface area (Å²) in [6.07, 6.45) is 5.17. The van der Waals surface area contributed by atoms with Crippen molar-refractivity contribution in [3.8, 4) is 0 Å². The molecule has 0 bridgehead atoms. The standard InChI is InChI=1S/C32H39N3O2S/c1-23(2)34(22-24-12-4-3-5-13-24)20-11-19-33-31(36)29-26-16-8-9-17-27(26)32(37)35(25-14-6-7-15-25)30(29)28-18-10-21-38-28/h3-5,8-10,12-13,16-18,21,23,25,29-30H,6-7,11,14-15,19-20,22H2,1-2H3,(H,33,36)/t29-,30+/m0/s1. The van der Waals surface area contributed by atoms with Gasteiger partial charge in [-0.15, -0.1) is 11.3 Å². The fourth-order valence-corrected chi connectivity index (χ4v) is 6.98. The molecule has 5 rings (SSSR count). The van der Waals surface area contributed by atoms with Gasteiger partial charge in [0.2, 0.25) is 5.91 Å². The fourth-order valence-electron chi connectivity index (χ4n) is 6.12. The molecule has 0 radical (unpaired) electrons. The van der Waals surface area contributed by atoms with E-state index in [1.165, 1.54) is 5.56 Å². The lowest BCUT2D eigenvalue weighted by atomic mass is 9.80. The minimum atomic E-state index is -0.409. The lowest BCUT2D eigenvalue weighted by Crippen LogP contribution is -2.50. The summed E-state index contributed by atoms with van der Waals surface area (Å²) in [5.41, 5.74) is 2.84. The van der Waals surface area contributed by atoms with Crippen LogP contribution in [0, 0.1) is 0 Å². The molecule has 2 atom stereocenters. The van der Waals surface area contributed by atoms with Crippen molar-refractivity contribution in [1.29, 1.82) is 0 Å². The van der Waals surface area contributed by atoms with Crippen LogP contribution in [0.4, 0.5) is 0 Å². The van der Waals surface area contributed by atoms with E-state index in [2.05, 4.69) is 64.7 Å². The summed E-state index contributed by atoms with van der Waals surface area (Å²) in [6, 6.07) is 22.8. The van der Waals surface area contributed by atoms with E-state index in [1.54, 1.807) is 11.3 Å². The molecular weight excluding hydrogens is 490 g/mol. The second-order valence-electron chi connectivity index (χ2n) is 10.9. The zero-order valence-corrected chi connectivity index (χ0v) is 23.3. The van der Waals surface area contributed by atoms with Crippen molar-refractivity contribution in [2.45, 2.75) is 76.5 Å². The van der Waals surface area contributed by atoms with Gasteiger partial charge >= 0.3 is 0 Å². The summed E-state index contributed by atoms with van der Waals surface area (Å²) in [6.45, 7) is 6.88. The smallest absolute Gasteiger partial charge is 0.254 e. The van der Waals surface area contributed by atoms with Crippen LogP contribution >= 0.6 is 11.3 Å². The molecule has 0 saturated heterocycles. The summed E-state index contributed by atoms with van der Waals surface area (Å²) in [4.78, 5) is 33.4. The van der Waals surface area contributed by atoms with E-state index in [0.717, 1.165) is 55.6 Å². The van der Waals surface area contributed by atoms with Crippen molar-refractivity contribution in [3.63, 3.8) is 0 Å². The van der Waals surface area contributed by atoms with Crippen molar-refractivity contribution >= 4 is 23.2 Å². The number of rotatable bonds is 10. The molecule has 3 aromatic rings. The number of benzene rings is 2. The molecule has 1 aromatic heterocycles. The van der Waals surface area contributed by atoms with Crippen LogP contribution in [0.3, 0.4) is 0 Å². The van der Waals surface area contributed by atoms with Crippen molar-refractivity contribution in [2.24, 2.45) is 0 Å². The van der Waals surface area contributed by atoms with Crippen molar-refractivity contribution < 1.29 is 9.59 Å². The topological polar surface area (TPSA) is 52.7 Å². The molecule has 0 unspecified atom stereocenters. The first-order valence-corrected chi connectivity index (χ1v) is 14.9. The molecule has 38 heavy (non-hydrogen) atoms. The Bertz CT molecular complexity index is 1200. The van der Waals surface area contributed by atoms with Crippen LogP contribution in [-0.4, -0.2) is 46.8 Å². The van der Waals surface area contributed by atoms with E-state index >= 15 is 0 Å². The molecule has 1 saturated carbocycles. The Morgan fingerprint density at radius 3 is 2.47 bits per heavy atom. The van der Waals surface area contributed by atoms with Gasteiger partial charge in [-0.3, -0.25) is 14.5 Å². The largest absolute Gasteiger partial charge is 0.355 e. The SMILES string of the molecule is CC(C)N(CCCNC(=O)[C@H]1c2ccccc2C(=O)N(C2CCCC2)[C@@H]1c1cccs1)Cc1ccccc1. The quantitative estimate of drug-likeness (QED) is 0.310. The van der Waals surface area contributed by atoms with Crippen LogP contribution in [0.25, 0.3) is 0 Å². The predicted octanol–water partition coefficient (Wildman–Crippen LogP) is 6.39. The van der Waals surface area contributed by atoms with Crippen LogP contribution in [0.2, 0.25) is 0 Å². The first-order chi connectivity index (χ1) is 18.5. The molecule has 6 heteroatoms. The number of hydrogen-bond acceptors (Lipinski definition) is 4. The Kier molecular flexibility index (Phi) is 8.60.